The first kappa shape index (κ1) is 8.86. The van der Waals surface area contributed by atoms with Crippen LogP contribution in [0.1, 0.15) is 4.88 Å². The number of terminal acetylenes is 1. The Bertz CT molecular complexity index is 358. The fourth-order valence-corrected chi connectivity index (χ4v) is 1.52. The predicted octanol–water partition coefficient (Wildman–Crippen LogP) is 1.71. The lowest BCUT2D eigenvalue weighted by Crippen LogP contribution is -1.96. The molecule has 0 radical (unpaired) electrons. The van der Waals surface area contributed by atoms with E-state index in [0.717, 1.165) is 0 Å². The maximum atomic E-state index is 8.53. The van der Waals surface area contributed by atoms with Crippen molar-refractivity contribution < 1.29 is 0 Å². The van der Waals surface area contributed by atoms with Crippen molar-refractivity contribution in [1.82, 2.24) is 4.98 Å². The van der Waals surface area contributed by atoms with Gasteiger partial charge in [-0.3, -0.25) is 0 Å². The van der Waals surface area contributed by atoms with Crippen LogP contribution in [0.25, 0.3) is 0 Å². The van der Waals surface area contributed by atoms with Crippen molar-refractivity contribution in [3.05, 3.63) is 10.0 Å². The van der Waals surface area contributed by atoms with Crippen LogP contribution in [0.5, 0.6) is 0 Å². The quantitative estimate of drug-likeness (QED) is 0.735. The summed E-state index contributed by atoms with van der Waals surface area (Å²) < 4.78 is 0. The average molecular weight is 198 g/mol. The van der Waals surface area contributed by atoms with E-state index in [1.54, 1.807) is 0 Å². The fourth-order valence-electron chi connectivity index (χ4n) is 0.573. The number of anilines is 1. The third-order valence-corrected chi connectivity index (χ3v) is 2.33. The smallest absolute Gasteiger partial charge is 0.186 e. The van der Waals surface area contributed by atoms with Crippen LogP contribution in [0.2, 0.25) is 5.15 Å². The molecule has 0 aliphatic heterocycles. The van der Waals surface area contributed by atoms with Crippen molar-refractivity contribution in [3.63, 3.8) is 0 Å². The van der Waals surface area contributed by atoms with Gasteiger partial charge >= 0.3 is 0 Å². The fraction of sp³-hybridized carbons (Fsp3) is 0.143. The van der Waals surface area contributed by atoms with Crippen LogP contribution in [0.4, 0.5) is 5.13 Å². The molecule has 0 unspecified atom stereocenters. The Labute approximate surface area is 79.0 Å². The Balaban J connectivity index is 2.78. The van der Waals surface area contributed by atoms with E-state index in [0.29, 0.717) is 16.6 Å². The lowest BCUT2D eigenvalue weighted by Gasteiger charge is -1.91. The van der Waals surface area contributed by atoms with Gasteiger partial charge in [-0.2, -0.15) is 5.26 Å². The SMILES string of the molecule is C#CCNc1nc(Cl)c(C#N)s1. The number of nitrogens with one attached hydrogen (secondary N) is 1. The van der Waals surface area contributed by atoms with Crippen LogP contribution in [0.3, 0.4) is 0 Å². The van der Waals surface area contributed by atoms with Gasteiger partial charge in [-0.25, -0.2) is 4.98 Å². The molecule has 5 heteroatoms. The number of nitrogens with zero attached hydrogens (tertiary/aromatic N) is 2. The second kappa shape index (κ2) is 3.96. The van der Waals surface area contributed by atoms with Crippen LogP contribution >= 0.6 is 22.9 Å². The number of aromatic nitrogens is 1. The van der Waals surface area contributed by atoms with E-state index >= 15 is 0 Å². The van der Waals surface area contributed by atoms with Gasteiger partial charge in [0.2, 0.25) is 0 Å². The highest BCUT2D eigenvalue weighted by Gasteiger charge is 2.06. The predicted molar refractivity (Wildman–Crippen MR) is 49.2 cm³/mol. The van der Waals surface area contributed by atoms with Crippen LogP contribution < -0.4 is 5.32 Å². The van der Waals surface area contributed by atoms with Crippen molar-refractivity contribution in [2.45, 2.75) is 0 Å². The van der Waals surface area contributed by atoms with Crippen LogP contribution in [-0.2, 0) is 0 Å². The van der Waals surface area contributed by atoms with Crippen molar-refractivity contribution in [2.75, 3.05) is 11.9 Å². The molecule has 1 heterocycles. The topological polar surface area (TPSA) is 48.7 Å². The lowest BCUT2D eigenvalue weighted by molar-refractivity contribution is 1.30. The molecule has 0 aliphatic carbocycles. The average Bonchev–Trinajstić information content (AvgIpc) is 2.43. The summed E-state index contributed by atoms with van der Waals surface area (Å²) in [6, 6.07) is 1.92. The van der Waals surface area contributed by atoms with E-state index in [-0.39, 0.29) is 5.15 Å². The van der Waals surface area contributed by atoms with Crippen LogP contribution in [0, 0.1) is 23.7 Å². The molecule has 12 heavy (non-hydrogen) atoms. The minimum atomic E-state index is 0.224. The maximum Gasteiger partial charge on any atom is 0.186 e. The zero-order valence-electron chi connectivity index (χ0n) is 5.97. The number of nitriles is 1. The highest BCUT2D eigenvalue weighted by Crippen LogP contribution is 2.25. The summed E-state index contributed by atoms with van der Waals surface area (Å²) in [6.45, 7) is 0.384. The van der Waals surface area contributed by atoms with E-state index < -0.39 is 0 Å². The van der Waals surface area contributed by atoms with Crippen LogP contribution in [-0.4, -0.2) is 11.5 Å². The minimum absolute atomic E-state index is 0.224. The highest BCUT2D eigenvalue weighted by molar-refractivity contribution is 7.16. The largest absolute Gasteiger partial charge is 0.351 e. The standard InChI is InChI=1S/C7H4ClN3S/c1-2-3-10-7-11-6(8)5(4-9)12-7/h1H,3H2,(H,10,11). The van der Waals surface area contributed by atoms with Gasteiger partial charge < -0.3 is 5.32 Å². The Morgan fingerprint density at radius 2 is 2.50 bits per heavy atom. The highest BCUT2D eigenvalue weighted by atomic mass is 35.5. The van der Waals surface area contributed by atoms with Gasteiger partial charge in [0.25, 0.3) is 0 Å². The van der Waals surface area contributed by atoms with E-state index in [2.05, 4.69) is 16.2 Å². The van der Waals surface area contributed by atoms with Gasteiger partial charge in [0.15, 0.2) is 10.3 Å². The van der Waals surface area contributed by atoms with E-state index in [1.807, 2.05) is 6.07 Å². The summed E-state index contributed by atoms with van der Waals surface area (Å²) in [5.74, 6) is 2.39. The Morgan fingerprint density at radius 3 is 3.00 bits per heavy atom. The van der Waals surface area contributed by atoms with E-state index in [4.69, 9.17) is 23.3 Å². The molecule has 0 fully saturated rings. The zero-order valence-corrected chi connectivity index (χ0v) is 7.54. The third-order valence-electron chi connectivity index (χ3n) is 1.03. The number of rotatable bonds is 2. The molecule has 0 amide bonds. The first-order chi connectivity index (χ1) is 5.77. The van der Waals surface area contributed by atoms with Gasteiger partial charge in [-0.1, -0.05) is 28.9 Å². The molecule has 0 atom stereocenters. The first-order valence-corrected chi connectivity index (χ1v) is 4.21. The molecule has 0 aromatic carbocycles. The molecule has 0 aliphatic rings. The molecule has 1 rings (SSSR count). The van der Waals surface area contributed by atoms with E-state index in [9.17, 15) is 0 Å². The number of hydrogen-bond acceptors (Lipinski definition) is 4. The summed E-state index contributed by atoms with van der Waals surface area (Å²) in [7, 11) is 0. The monoisotopic (exact) mass is 197 g/mol. The normalized spacial score (nSPS) is 8.58. The molecule has 0 saturated carbocycles. The summed E-state index contributed by atoms with van der Waals surface area (Å²) >= 11 is 6.80. The molecular weight excluding hydrogens is 194 g/mol. The summed E-state index contributed by atoms with van der Waals surface area (Å²) in [4.78, 5) is 4.27. The molecular formula is C7H4ClN3S. The van der Waals surface area contributed by atoms with Gasteiger partial charge in [-0.05, 0) is 0 Å². The molecule has 0 spiro atoms. The molecule has 1 aromatic heterocycles. The molecule has 0 bridgehead atoms. The van der Waals surface area contributed by atoms with Crippen molar-refractivity contribution in [2.24, 2.45) is 0 Å². The maximum absolute atomic E-state index is 8.53. The Morgan fingerprint density at radius 1 is 1.75 bits per heavy atom. The van der Waals surface area contributed by atoms with E-state index in [1.165, 1.54) is 11.3 Å². The van der Waals surface area contributed by atoms with Gasteiger partial charge in [-0.15, -0.1) is 6.42 Å². The molecule has 0 saturated heterocycles. The minimum Gasteiger partial charge on any atom is -0.351 e. The molecule has 1 N–H and O–H groups in total. The summed E-state index contributed by atoms with van der Waals surface area (Å²) in [6.07, 6.45) is 5.02. The molecule has 60 valence electrons. The van der Waals surface area contributed by atoms with Crippen molar-refractivity contribution >= 4 is 28.1 Å². The Hall–Kier alpha value is -1.23. The molecule has 3 nitrogen and oxygen atoms in total. The number of hydrogen-bond donors (Lipinski definition) is 1. The second-order valence-electron chi connectivity index (χ2n) is 1.81. The number of thiazole rings is 1. The second-order valence-corrected chi connectivity index (χ2v) is 3.17. The first-order valence-electron chi connectivity index (χ1n) is 3.01. The third kappa shape index (κ3) is 1.88. The van der Waals surface area contributed by atoms with Crippen molar-refractivity contribution in [1.29, 1.82) is 5.26 Å². The van der Waals surface area contributed by atoms with Gasteiger partial charge in [0.1, 0.15) is 10.9 Å². The molecule has 1 aromatic rings. The zero-order chi connectivity index (χ0) is 8.97. The number of halogens is 1. The summed E-state index contributed by atoms with van der Waals surface area (Å²) in [5.41, 5.74) is 0. The van der Waals surface area contributed by atoms with Gasteiger partial charge in [0, 0.05) is 0 Å². The Kier molecular flexibility index (Phi) is 2.93. The lowest BCUT2D eigenvalue weighted by atomic mass is 10.6. The van der Waals surface area contributed by atoms with Crippen molar-refractivity contribution in [3.8, 4) is 18.4 Å². The van der Waals surface area contributed by atoms with Gasteiger partial charge in [0.05, 0.1) is 6.54 Å². The van der Waals surface area contributed by atoms with Crippen LogP contribution in [0.15, 0.2) is 0 Å². The summed E-state index contributed by atoms with van der Waals surface area (Å²) in [5, 5.41) is 12.2.